The first-order valence-electron chi connectivity index (χ1n) is 6.55. The van der Waals surface area contributed by atoms with Crippen LogP contribution in [0, 0.1) is 11.5 Å². The normalized spacial score (nSPS) is 10.8. The zero-order chi connectivity index (χ0) is 16.7. The zero-order valence-corrected chi connectivity index (χ0v) is 14.1. The molecule has 2 aromatic carbocycles. The highest BCUT2D eigenvalue weighted by Gasteiger charge is 2.06. The molecule has 0 atom stereocenters. The van der Waals surface area contributed by atoms with Gasteiger partial charge in [0, 0.05) is 0 Å². The summed E-state index contributed by atoms with van der Waals surface area (Å²) in [5, 5.41) is 12.1. The van der Waals surface area contributed by atoms with Crippen LogP contribution < -0.4 is 14.8 Å². The van der Waals surface area contributed by atoms with Crippen molar-refractivity contribution in [3.63, 3.8) is 0 Å². The average Bonchev–Trinajstić information content (AvgIpc) is 2.57. The van der Waals surface area contributed by atoms with Crippen molar-refractivity contribution < 1.29 is 9.47 Å². The molecule has 0 aromatic heterocycles. The van der Waals surface area contributed by atoms with Crippen LogP contribution >= 0.6 is 23.4 Å². The van der Waals surface area contributed by atoms with Crippen molar-refractivity contribution in [1.29, 1.82) is 5.26 Å². The van der Waals surface area contributed by atoms with Crippen molar-refractivity contribution in [1.82, 2.24) is 5.32 Å². The molecule has 0 aliphatic rings. The number of methoxy groups -OCH3 is 1. The van der Waals surface area contributed by atoms with Crippen LogP contribution in [0.1, 0.15) is 0 Å². The Hall–Kier alpha value is -2.36. The predicted molar refractivity (Wildman–Crippen MR) is 93.9 cm³/mol. The second kappa shape index (κ2) is 8.32. The van der Waals surface area contributed by atoms with Gasteiger partial charge in [-0.15, -0.1) is 0 Å². The van der Waals surface area contributed by atoms with Crippen molar-refractivity contribution in [3.05, 3.63) is 47.5 Å². The molecule has 0 aliphatic heterocycles. The summed E-state index contributed by atoms with van der Waals surface area (Å²) in [5.41, 5.74) is 0.629. The van der Waals surface area contributed by atoms with E-state index in [4.69, 9.17) is 26.3 Å². The van der Waals surface area contributed by atoms with Gasteiger partial charge in [0.1, 0.15) is 17.2 Å². The summed E-state index contributed by atoms with van der Waals surface area (Å²) in [5.74, 6) is 1.93. The monoisotopic (exact) mass is 347 g/mol. The lowest BCUT2D eigenvalue weighted by Crippen LogP contribution is -2.12. The zero-order valence-electron chi connectivity index (χ0n) is 12.5. The topological polar surface area (TPSA) is 66.6 Å². The van der Waals surface area contributed by atoms with Gasteiger partial charge >= 0.3 is 0 Å². The molecule has 23 heavy (non-hydrogen) atoms. The highest BCUT2D eigenvalue weighted by Crippen LogP contribution is 2.33. The molecule has 0 heterocycles. The summed E-state index contributed by atoms with van der Waals surface area (Å²) in [6, 6.07) is 12.4. The first-order chi connectivity index (χ1) is 11.2. The Balaban J connectivity index is 2.17. The molecule has 0 unspecified atom stereocenters. The lowest BCUT2D eigenvalue weighted by Gasteiger charge is -2.09. The molecule has 7 heteroatoms. The Kier molecular flexibility index (Phi) is 6.15. The molecule has 0 saturated carbocycles. The molecule has 118 valence electrons. The van der Waals surface area contributed by atoms with Crippen LogP contribution in [0.2, 0.25) is 5.02 Å². The van der Waals surface area contributed by atoms with Gasteiger partial charge in [-0.25, -0.2) is 4.99 Å². The van der Waals surface area contributed by atoms with E-state index in [9.17, 15) is 0 Å². The first-order valence-corrected chi connectivity index (χ1v) is 8.15. The number of rotatable bonds is 4. The van der Waals surface area contributed by atoms with Gasteiger partial charge in [-0.1, -0.05) is 23.4 Å². The third-order valence-electron chi connectivity index (χ3n) is 2.79. The summed E-state index contributed by atoms with van der Waals surface area (Å²) in [4.78, 5) is 4.29. The van der Waals surface area contributed by atoms with E-state index < -0.39 is 0 Å². The van der Waals surface area contributed by atoms with Crippen LogP contribution in [0.4, 0.5) is 5.69 Å². The highest BCUT2D eigenvalue weighted by molar-refractivity contribution is 8.13. The minimum atomic E-state index is 0.430. The lowest BCUT2D eigenvalue weighted by molar-refractivity contribution is 0.413. The van der Waals surface area contributed by atoms with Gasteiger partial charge in [0.05, 0.1) is 17.8 Å². The van der Waals surface area contributed by atoms with Crippen LogP contribution in [-0.4, -0.2) is 18.5 Å². The Morgan fingerprint density at radius 1 is 1.22 bits per heavy atom. The second-order valence-corrected chi connectivity index (χ2v) is 5.45. The van der Waals surface area contributed by atoms with Crippen molar-refractivity contribution in [2.45, 2.75) is 0 Å². The molecule has 1 N–H and O–H groups in total. The average molecular weight is 348 g/mol. The summed E-state index contributed by atoms with van der Waals surface area (Å²) in [6.45, 7) is 0. The van der Waals surface area contributed by atoms with Gasteiger partial charge in [-0.2, -0.15) is 5.26 Å². The lowest BCUT2D eigenvalue weighted by atomic mass is 10.3. The largest absolute Gasteiger partial charge is 0.497 e. The van der Waals surface area contributed by atoms with Crippen molar-refractivity contribution in [3.8, 4) is 23.4 Å². The number of amidine groups is 1. The van der Waals surface area contributed by atoms with Crippen molar-refractivity contribution >= 4 is 34.2 Å². The Morgan fingerprint density at radius 2 is 1.91 bits per heavy atom. The number of hydrogen-bond acceptors (Lipinski definition) is 5. The minimum absolute atomic E-state index is 0.430. The van der Waals surface area contributed by atoms with E-state index >= 15 is 0 Å². The van der Waals surface area contributed by atoms with Gasteiger partial charge in [0.15, 0.2) is 11.4 Å². The molecule has 2 rings (SSSR count). The predicted octanol–water partition coefficient (Wildman–Crippen LogP) is 4.56. The standard InChI is InChI=1S/C16H14ClN3O2S/c1-21-12-4-6-13(7-5-12)22-15-8-3-11(9-14(15)17)20-16(23-2)19-10-18/h3-9H,1-2H3,(H,19,20). The number of benzene rings is 2. The Labute approximate surface area is 143 Å². The van der Waals surface area contributed by atoms with Crippen LogP contribution in [0.15, 0.2) is 47.5 Å². The number of halogens is 1. The fourth-order valence-corrected chi connectivity index (χ4v) is 2.26. The SMILES string of the molecule is COc1ccc(Oc2ccc(N=C(NC#N)SC)cc2Cl)cc1. The van der Waals surface area contributed by atoms with Gasteiger partial charge in [-0.05, 0) is 48.7 Å². The minimum Gasteiger partial charge on any atom is -0.497 e. The third kappa shape index (κ3) is 4.81. The maximum absolute atomic E-state index is 8.64. The first kappa shape index (κ1) is 17.0. The molecule has 0 amide bonds. The molecule has 0 radical (unpaired) electrons. The van der Waals surface area contributed by atoms with Crippen molar-refractivity contribution in [2.75, 3.05) is 13.4 Å². The summed E-state index contributed by atoms with van der Waals surface area (Å²) in [6.07, 6.45) is 3.66. The number of nitriles is 1. The molecule has 0 fully saturated rings. The number of ether oxygens (including phenoxy) is 2. The van der Waals surface area contributed by atoms with E-state index in [1.165, 1.54) is 11.8 Å². The number of aliphatic imine (C=N–C) groups is 1. The van der Waals surface area contributed by atoms with E-state index in [0.717, 1.165) is 5.75 Å². The molecular weight excluding hydrogens is 334 g/mol. The van der Waals surface area contributed by atoms with Crippen LogP contribution in [0.25, 0.3) is 0 Å². The van der Waals surface area contributed by atoms with Crippen molar-refractivity contribution in [2.24, 2.45) is 4.99 Å². The van der Waals surface area contributed by atoms with E-state index in [2.05, 4.69) is 10.3 Å². The number of nitrogens with one attached hydrogen (secondary N) is 1. The number of thioether (sulfide) groups is 1. The van der Waals surface area contributed by atoms with E-state index in [1.807, 2.05) is 12.4 Å². The molecule has 0 aliphatic carbocycles. The van der Waals surface area contributed by atoms with Crippen LogP contribution in [0.5, 0.6) is 17.2 Å². The molecule has 0 saturated heterocycles. The van der Waals surface area contributed by atoms with Crippen LogP contribution in [-0.2, 0) is 0 Å². The molecule has 5 nitrogen and oxygen atoms in total. The van der Waals surface area contributed by atoms with E-state index in [-0.39, 0.29) is 0 Å². The summed E-state index contributed by atoms with van der Waals surface area (Å²) >= 11 is 7.57. The fraction of sp³-hybridized carbons (Fsp3) is 0.125. The molecular formula is C16H14ClN3O2S. The van der Waals surface area contributed by atoms with Crippen LogP contribution in [0.3, 0.4) is 0 Å². The van der Waals surface area contributed by atoms with Gasteiger partial charge in [0.2, 0.25) is 0 Å². The quantitative estimate of drug-likeness (QED) is 0.380. The second-order valence-electron chi connectivity index (χ2n) is 4.25. The number of nitrogens with zero attached hydrogens (tertiary/aromatic N) is 2. The maximum Gasteiger partial charge on any atom is 0.183 e. The summed E-state index contributed by atoms with van der Waals surface area (Å²) in [7, 11) is 1.61. The smallest absolute Gasteiger partial charge is 0.183 e. The maximum atomic E-state index is 8.64. The van der Waals surface area contributed by atoms with E-state index in [1.54, 1.807) is 49.6 Å². The van der Waals surface area contributed by atoms with Gasteiger partial charge in [0.25, 0.3) is 0 Å². The third-order valence-corrected chi connectivity index (χ3v) is 3.66. The molecule has 0 spiro atoms. The molecule has 2 aromatic rings. The van der Waals surface area contributed by atoms with E-state index in [0.29, 0.717) is 27.4 Å². The Bertz CT molecular complexity index is 742. The van der Waals surface area contributed by atoms with Gasteiger partial charge in [-0.3, -0.25) is 5.32 Å². The Morgan fingerprint density at radius 3 is 2.48 bits per heavy atom. The highest BCUT2D eigenvalue weighted by atomic mass is 35.5. The molecule has 0 bridgehead atoms. The van der Waals surface area contributed by atoms with Gasteiger partial charge < -0.3 is 9.47 Å². The fourth-order valence-electron chi connectivity index (χ4n) is 1.70. The summed E-state index contributed by atoms with van der Waals surface area (Å²) < 4.78 is 10.8. The number of hydrogen-bond donors (Lipinski definition) is 1.